The Hall–Kier alpha value is -1.84. The maximum absolute atomic E-state index is 12.8. The van der Waals surface area contributed by atoms with Crippen LogP contribution in [-0.2, 0) is 33.6 Å². The summed E-state index contributed by atoms with van der Waals surface area (Å²) in [5.74, 6) is 1.91. The van der Waals surface area contributed by atoms with Crippen molar-refractivity contribution in [3.05, 3.63) is 34.9 Å². The lowest BCUT2D eigenvalue weighted by Crippen LogP contribution is -2.61. The number of hydrogen-bond acceptors (Lipinski definition) is 3. The lowest BCUT2D eigenvalue weighted by Gasteiger charge is -2.57. The van der Waals surface area contributed by atoms with E-state index in [0.29, 0.717) is 0 Å². The quantitative estimate of drug-likeness (QED) is 0.791. The second-order valence-corrected chi connectivity index (χ2v) is 9.95. The van der Waals surface area contributed by atoms with Gasteiger partial charge in [0.15, 0.2) is 6.10 Å². The lowest BCUT2D eigenvalue weighted by atomic mass is 9.53. The average molecular weight is 382 g/mol. The van der Waals surface area contributed by atoms with Crippen molar-refractivity contribution in [1.82, 2.24) is 5.32 Å². The summed E-state index contributed by atoms with van der Waals surface area (Å²) >= 11 is 0. The van der Waals surface area contributed by atoms with E-state index in [2.05, 4.69) is 17.4 Å². The predicted molar refractivity (Wildman–Crippen MR) is 107 cm³/mol. The van der Waals surface area contributed by atoms with Crippen LogP contribution in [0, 0.1) is 17.8 Å². The Morgan fingerprint density at radius 1 is 1.07 bits per heavy atom. The van der Waals surface area contributed by atoms with E-state index in [1.54, 1.807) is 6.92 Å². The molecule has 1 amide bonds. The predicted octanol–water partition coefficient (Wildman–Crippen LogP) is 3.73. The van der Waals surface area contributed by atoms with Crippen LogP contribution in [0.3, 0.4) is 0 Å². The molecule has 1 aromatic carbocycles. The van der Waals surface area contributed by atoms with Crippen LogP contribution in [0.2, 0.25) is 0 Å². The zero-order valence-electron chi connectivity index (χ0n) is 16.8. The van der Waals surface area contributed by atoms with E-state index in [1.807, 2.05) is 6.07 Å². The highest BCUT2D eigenvalue weighted by atomic mass is 16.5. The Kier molecular flexibility index (Phi) is 4.48. The van der Waals surface area contributed by atoms with Crippen LogP contribution in [0.5, 0.6) is 0 Å². The van der Waals surface area contributed by atoms with Crippen molar-refractivity contribution in [3.8, 4) is 0 Å². The summed E-state index contributed by atoms with van der Waals surface area (Å²) in [7, 11) is 0. The number of amides is 1. The highest BCUT2D eigenvalue weighted by molar-refractivity contribution is 5.84. The summed E-state index contributed by atoms with van der Waals surface area (Å²) in [5.41, 5.74) is 3.71. The van der Waals surface area contributed by atoms with E-state index in [-0.39, 0.29) is 23.8 Å². The third-order valence-corrected chi connectivity index (χ3v) is 7.62. The van der Waals surface area contributed by atoms with Gasteiger partial charge in [-0.05, 0) is 99.2 Å². The van der Waals surface area contributed by atoms with Gasteiger partial charge in [-0.25, -0.2) is 0 Å². The Morgan fingerprint density at radius 3 is 2.39 bits per heavy atom. The molecule has 0 heterocycles. The molecule has 0 radical (unpaired) electrons. The summed E-state index contributed by atoms with van der Waals surface area (Å²) in [6.45, 7) is 1.70. The molecule has 0 spiro atoms. The first-order valence-electron chi connectivity index (χ1n) is 11.1. The molecule has 4 bridgehead atoms. The van der Waals surface area contributed by atoms with E-state index in [1.165, 1.54) is 36.8 Å². The second kappa shape index (κ2) is 6.89. The van der Waals surface area contributed by atoms with Crippen LogP contribution < -0.4 is 5.32 Å². The molecule has 0 unspecified atom stereocenters. The number of aryl methyl sites for hydroxylation is 2. The standard InChI is InChI=1S/C24H31NO3/c1-15(28-22(26)11-16-5-6-20-3-2-4-21(20)10-16)23(27)25-24-12-17-7-18(13-24)9-19(8-17)14-24/h5-6,10,15,17-19H,2-4,7-9,11-14H2,1H3,(H,25,27)/t15-,17?,18?,19?,24?/m0/s1. The number of benzene rings is 1. The van der Waals surface area contributed by atoms with Crippen LogP contribution in [0.4, 0.5) is 0 Å². The molecule has 1 aromatic rings. The molecule has 4 heteroatoms. The molecule has 5 aliphatic carbocycles. The Morgan fingerprint density at radius 2 is 1.71 bits per heavy atom. The molecular formula is C24H31NO3. The Balaban J connectivity index is 1.17. The smallest absolute Gasteiger partial charge is 0.311 e. The number of esters is 1. The molecule has 5 aliphatic rings. The van der Waals surface area contributed by atoms with E-state index in [4.69, 9.17) is 4.74 Å². The van der Waals surface area contributed by atoms with Gasteiger partial charge in [0.2, 0.25) is 0 Å². The van der Waals surface area contributed by atoms with Crippen molar-refractivity contribution in [2.24, 2.45) is 17.8 Å². The third kappa shape index (κ3) is 3.46. The van der Waals surface area contributed by atoms with Crippen LogP contribution in [0.15, 0.2) is 18.2 Å². The van der Waals surface area contributed by atoms with E-state index >= 15 is 0 Å². The first-order chi connectivity index (χ1) is 13.5. The third-order valence-electron chi connectivity index (χ3n) is 7.62. The van der Waals surface area contributed by atoms with Gasteiger partial charge in [-0.1, -0.05) is 18.2 Å². The SMILES string of the molecule is C[C@H](OC(=O)Cc1ccc2c(c1)CCC2)C(=O)NC12CC3CC(CC(C3)C1)C2. The Labute approximate surface area is 167 Å². The largest absolute Gasteiger partial charge is 0.452 e. The number of rotatable bonds is 5. The van der Waals surface area contributed by atoms with Gasteiger partial charge in [0.05, 0.1) is 6.42 Å². The summed E-state index contributed by atoms with van der Waals surface area (Å²) in [6.07, 6.45) is 10.3. The number of carbonyl (C=O) groups excluding carboxylic acids is 2. The first-order valence-corrected chi connectivity index (χ1v) is 11.1. The van der Waals surface area contributed by atoms with Gasteiger partial charge >= 0.3 is 5.97 Å². The maximum atomic E-state index is 12.8. The zero-order chi connectivity index (χ0) is 19.3. The van der Waals surface area contributed by atoms with Gasteiger partial charge in [0.1, 0.15) is 0 Å². The molecule has 4 saturated carbocycles. The number of ether oxygens (including phenoxy) is 1. The molecular weight excluding hydrogens is 350 g/mol. The first kappa shape index (κ1) is 18.2. The molecule has 1 atom stereocenters. The molecule has 0 aliphatic heterocycles. The second-order valence-electron chi connectivity index (χ2n) is 9.95. The van der Waals surface area contributed by atoms with Gasteiger partial charge < -0.3 is 10.1 Å². The van der Waals surface area contributed by atoms with Crippen LogP contribution in [0.1, 0.15) is 68.6 Å². The highest BCUT2D eigenvalue weighted by Gasteiger charge is 2.51. The van der Waals surface area contributed by atoms with Crippen molar-refractivity contribution >= 4 is 11.9 Å². The van der Waals surface area contributed by atoms with Crippen molar-refractivity contribution in [2.45, 2.75) is 82.8 Å². The maximum Gasteiger partial charge on any atom is 0.311 e. The molecule has 1 N–H and O–H groups in total. The fourth-order valence-electron chi connectivity index (χ4n) is 6.82. The van der Waals surface area contributed by atoms with Gasteiger partial charge in [-0.2, -0.15) is 0 Å². The van der Waals surface area contributed by atoms with Gasteiger partial charge in [-0.15, -0.1) is 0 Å². The number of hydrogen-bond donors (Lipinski definition) is 1. The molecule has 28 heavy (non-hydrogen) atoms. The highest BCUT2D eigenvalue weighted by Crippen LogP contribution is 2.55. The zero-order valence-corrected chi connectivity index (χ0v) is 16.8. The minimum absolute atomic E-state index is 0.0352. The monoisotopic (exact) mass is 381 g/mol. The van der Waals surface area contributed by atoms with Crippen LogP contribution >= 0.6 is 0 Å². The number of fused-ring (bicyclic) bond motifs is 1. The average Bonchev–Trinajstić information content (AvgIpc) is 3.07. The minimum atomic E-state index is -0.727. The van der Waals surface area contributed by atoms with Gasteiger partial charge in [-0.3, -0.25) is 9.59 Å². The van der Waals surface area contributed by atoms with Crippen LogP contribution in [0.25, 0.3) is 0 Å². The van der Waals surface area contributed by atoms with E-state index < -0.39 is 6.10 Å². The molecule has 150 valence electrons. The van der Waals surface area contributed by atoms with Crippen molar-refractivity contribution < 1.29 is 14.3 Å². The molecule has 4 nitrogen and oxygen atoms in total. The molecule has 6 rings (SSSR count). The molecule has 4 fully saturated rings. The van der Waals surface area contributed by atoms with Crippen molar-refractivity contribution in [3.63, 3.8) is 0 Å². The normalized spacial score (nSPS) is 33.4. The fourth-order valence-corrected chi connectivity index (χ4v) is 6.82. The Bertz CT molecular complexity index is 764. The molecule has 0 aromatic heterocycles. The summed E-state index contributed by atoms with van der Waals surface area (Å²) < 4.78 is 5.50. The van der Waals surface area contributed by atoms with E-state index in [0.717, 1.165) is 55.4 Å². The van der Waals surface area contributed by atoms with Crippen LogP contribution in [-0.4, -0.2) is 23.5 Å². The summed E-state index contributed by atoms with van der Waals surface area (Å²) in [5, 5.41) is 3.31. The minimum Gasteiger partial charge on any atom is -0.452 e. The van der Waals surface area contributed by atoms with Gasteiger partial charge in [0, 0.05) is 5.54 Å². The van der Waals surface area contributed by atoms with E-state index in [9.17, 15) is 9.59 Å². The topological polar surface area (TPSA) is 55.4 Å². The fraction of sp³-hybridized carbons (Fsp3) is 0.667. The van der Waals surface area contributed by atoms with Crippen molar-refractivity contribution in [1.29, 1.82) is 0 Å². The van der Waals surface area contributed by atoms with Gasteiger partial charge in [0.25, 0.3) is 5.91 Å². The number of nitrogens with one attached hydrogen (secondary N) is 1. The molecule has 0 saturated heterocycles. The van der Waals surface area contributed by atoms with Crippen molar-refractivity contribution in [2.75, 3.05) is 0 Å². The summed E-state index contributed by atoms with van der Waals surface area (Å²) in [6, 6.07) is 6.28. The lowest BCUT2D eigenvalue weighted by molar-refractivity contribution is -0.156. The number of carbonyl (C=O) groups is 2. The summed E-state index contributed by atoms with van der Waals surface area (Å²) in [4.78, 5) is 25.2.